The van der Waals surface area contributed by atoms with Crippen LogP contribution in [-0.4, -0.2) is 58.0 Å². The second-order valence-electron chi connectivity index (χ2n) is 7.32. The number of carbonyl (C=O) groups is 1. The van der Waals surface area contributed by atoms with Crippen molar-refractivity contribution in [2.45, 2.75) is 45.4 Å². The van der Waals surface area contributed by atoms with Crippen LogP contribution < -0.4 is 10.5 Å². The smallest absolute Gasteiger partial charge is 0.263 e. The summed E-state index contributed by atoms with van der Waals surface area (Å²) >= 11 is 0. The van der Waals surface area contributed by atoms with Crippen LogP contribution in [0.2, 0.25) is 0 Å². The van der Waals surface area contributed by atoms with Crippen molar-refractivity contribution in [1.82, 2.24) is 19.8 Å². The van der Waals surface area contributed by atoms with Gasteiger partial charge in [0.2, 0.25) is 0 Å². The third-order valence-electron chi connectivity index (χ3n) is 5.23. The van der Waals surface area contributed by atoms with E-state index in [0.717, 1.165) is 24.3 Å². The molecular weight excluding hydrogens is 354 g/mol. The molecule has 3 rings (SSSR count). The monoisotopic (exact) mass is 383 g/mol. The minimum atomic E-state index is -0.456. The SMILES string of the molecule is CC[C@H](Oc1ccccc1C)C(=O)N1CC[C@@H](N(C)Cc2nccc(N)n2)C1. The van der Waals surface area contributed by atoms with Crippen LogP contribution in [0.4, 0.5) is 5.82 Å². The number of aryl methyl sites for hydroxylation is 1. The number of likely N-dealkylation sites (N-methyl/N-ethyl adjacent to an activating group) is 1. The first-order valence-electron chi connectivity index (χ1n) is 9.76. The van der Waals surface area contributed by atoms with Crippen LogP contribution in [0.3, 0.4) is 0 Å². The highest BCUT2D eigenvalue weighted by Gasteiger charge is 2.33. The number of para-hydroxylation sites is 1. The molecule has 1 aromatic heterocycles. The maximum atomic E-state index is 13.0. The van der Waals surface area contributed by atoms with Crippen molar-refractivity contribution >= 4 is 11.7 Å². The lowest BCUT2D eigenvalue weighted by atomic mass is 10.2. The fourth-order valence-corrected chi connectivity index (χ4v) is 3.50. The van der Waals surface area contributed by atoms with E-state index in [1.165, 1.54) is 0 Å². The highest BCUT2D eigenvalue weighted by molar-refractivity contribution is 5.81. The van der Waals surface area contributed by atoms with Crippen molar-refractivity contribution in [2.75, 3.05) is 25.9 Å². The Morgan fingerprint density at radius 2 is 2.18 bits per heavy atom. The fraction of sp³-hybridized carbons (Fsp3) is 0.476. The normalized spacial score (nSPS) is 17.7. The molecule has 1 aliphatic rings. The predicted molar refractivity (Wildman–Crippen MR) is 109 cm³/mol. The molecule has 1 aromatic carbocycles. The third-order valence-corrected chi connectivity index (χ3v) is 5.23. The summed E-state index contributed by atoms with van der Waals surface area (Å²) in [4.78, 5) is 25.6. The predicted octanol–water partition coefficient (Wildman–Crippen LogP) is 2.26. The molecule has 0 aliphatic carbocycles. The van der Waals surface area contributed by atoms with E-state index in [1.54, 1.807) is 12.3 Å². The summed E-state index contributed by atoms with van der Waals surface area (Å²) in [6.07, 6.45) is 2.78. The molecule has 150 valence electrons. The number of likely N-dealkylation sites (tertiary alicyclic amines) is 1. The number of carbonyl (C=O) groups excluding carboxylic acids is 1. The zero-order chi connectivity index (χ0) is 20.1. The van der Waals surface area contributed by atoms with Crippen LogP contribution in [0.1, 0.15) is 31.2 Å². The number of aromatic nitrogens is 2. The van der Waals surface area contributed by atoms with E-state index in [-0.39, 0.29) is 11.9 Å². The van der Waals surface area contributed by atoms with Crippen molar-refractivity contribution in [3.63, 3.8) is 0 Å². The molecule has 0 saturated carbocycles. The minimum absolute atomic E-state index is 0.0573. The van der Waals surface area contributed by atoms with Crippen molar-refractivity contribution in [3.8, 4) is 5.75 Å². The number of ether oxygens (including phenoxy) is 1. The summed E-state index contributed by atoms with van der Waals surface area (Å²) < 4.78 is 6.03. The summed E-state index contributed by atoms with van der Waals surface area (Å²) in [6.45, 7) is 6.00. The topological polar surface area (TPSA) is 84.6 Å². The largest absolute Gasteiger partial charge is 0.480 e. The molecule has 2 heterocycles. The first-order chi connectivity index (χ1) is 13.5. The van der Waals surface area contributed by atoms with Crippen LogP contribution >= 0.6 is 0 Å². The van der Waals surface area contributed by atoms with Gasteiger partial charge in [0.25, 0.3) is 5.91 Å². The minimum Gasteiger partial charge on any atom is -0.480 e. The van der Waals surface area contributed by atoms with Crippen molar-refractivity contribution in [3.05, 3.63) is 47.9 Å². The van der Waals surface area contributed by atoms with Gasteiger partial charge in [0.1, 0.15) is 17.4 Å². The van der Waals surface area contributed by atoms with E-state index in [2.05, 4.69) is 14.9 Å². The maximum absolute atomic E-state index is 13.0. The summed E-state index contributed by atoms with van der Waals surface area (Å²) in [6, 6.07) is 9.75. The van der Waals surface area contributed by atoms with Gasteiger partial charge in [-0.2, -0.15) is 0 Å². The third kappa shape index (κ3) is 4.78. The Labute approximate surface area is 166 Å². The number of rotatable bonds is 7. The zero-order valence-electron chi connectivity index (χ0n) is 16.8. The van der Waals surface area contributed by atoms with Gasteiger partial charge in [-0.3, -0.25) is 9.69 Å². The second-order valence-corrected chi connectivity index (χ2v) is 7.32. The highest BCUT2D eigenvalue weighted by Crippen LogP contribution is 2.22. The molecule has 2 atom stereocenters. The summed E-state index contributed by atoms with van der Waals surface area (Å²) in [5, 5.41) is 0. The van der Waals surface area contributed by atoms with Gasteiger partial charge < -0.3 is 15.4 Å². The Morgan fingerprint density at radius 1 is 1.39 bits per heavy atom. The average Bonchev–Trinajstić information content (AvgIpc) is 3.17. The Kier molecular flexibility index (Phi) is 6.46. The van der Waals surface area contributed by atoms with Crippen LogP contribution in [0, 0.1) is 6.92 Å². The van der Waals surface area contributed by atoms with E-state index in [9.17, 15) is 4.79 Å². The van der Waals surface area contributed by atoms with Gasteiger partial charge in [-0.15, -0.1) is 0 Å². The fourth-order valence-electron chi connectivity index (χ4n) is 3.50. The first-order valence-corrected chi connectivity index (χ1v) is 9.76. The molecule has 1 saturated heterocycles. The van der Waals surface area contributed by atoms with Gasteiger partial charge in [0.15, 0.2) is 6.10 Å². The number of nitrogens with zero attached hydrogens (tertiary/aromatic N) is 4. The number of hydrogen-bond donors (Lipinski definition) is 1. The molecule has 0 unspecified atom stereocenters. The molecule has 1 aliphatic heterocycles. The zero-order valence-corrected chi connectivity index (χ0v) is 16.8. The lowest BCUT2D eigenvalue weighted by Crippen LogP contribution is -2.42. The molecule has 2 N–H and O–H groups in total. The number of hydrogen-bond acceptors (Lipinski definition) is 6. The Balaban J connectivity index is 1.58. The number of nitrogen functional groups attached to an aromatic ring is 1. The molecule has 0 radical (unpaired) electrons. The van der Waals surface area contributed by atoms with Crippen LogP contribution in [0.25, 0.3) is 0 Å². The molecule has 1 amide bonds. The van der Waals surface area contributed by atoms with Crippen molar-refractivity contribution in [1.29, 1.82) is 0 Å². The number of amides is 1. The molecule has 1 fully saturated rings. The summed E-state index contributed by atoms with van der Waals surface area (Å²) in [7, 11) is 2.03. The van der Waals surface area contributed by atoms with Gasteiger partial charge in [0.05, 0.1) is 6.54 Å². The van der Waals surface area contributed by atoms with Gasteiger partial charge in [-0.05, 0) is 44.5 Å². The Bertz CT molecular complexity index is 813. The Hall–Kier alpha value is -2.67. The van der Waals surface area contributed by atoms with Crippen molar-refractivity contribution in [2.24, 2.45) is 0 Å². The lowest BCUT2D eigenvalue weighted by Gasteiger charge is -2.26. The number of nitrogens with two attached hydrogens (primary N) is 1. The molecular formula is C21H29N5O2. The summed E-state index contributed by atoms with van der Waals surface area (Å²) in [5.41, 5.74) is 6.77. The van der Waals surface area contributed by atoms with Gasteiger partial charge in [0, 0.05) is 25.3 Å². The average molecular weight is 383 g/mol. The maximum Gasteiger partial charge on any atom is 0.263 e. The van der Waals surface area contributed by atoms with Crippen LogP contribution in [0.5, 0.6) is 5.75 Å². The van der Waals surface area contributed by atoms with E-state index in [4.69, 9.17) is 10.5 Å². The van der Waals surface area contributed by atoms with E-state index < -0.39 is 6.10 Å². The van der Waals surface area contributed by atoms with Gasteiger partial charge in [-0.25, -0.2) is 9.97 Å². The van der Waals surface area contributed by atoms with E-state index >= 15 is 0 Å². The molecule has 7 nitrogen and oxygen atoms in total. The second kappa shape index (κ2) is 9.01. The summed E-state index contributed by atoms with van der Waals surface area (Å²) in [5.74, 6) is 2.00. The number of anilines is 1. The number of benzene rings is 1. The van der Waals surface area contributed by atoms with E-state index in [0.29, 0.717) is 31.2 Å². The van der Waals surface area contributed by atoms with Crippen LogP contribution in [-0.2, 0) is 11.3 Å². The lowest BCUT2D eigenvalue weighted by molar-refractivity contribution is -0.138. The molecule has 7 heteroatoms. The standard InChI is InChI=1S/C21H29N5O2/c1-4-17(28-18-8-6-5-7-15(18)2)21(27)26-12-10-16(13-26)25(3)14-20-23-11-9-19(22)24-20/h5-9,11,16-17H,4,10,12-14H2,1-3H3,(H2,22,23,24)/t16-,17+/m1/s1. The van der Waals surface area contributed by atoms with Crippen LogP contribution in [0.15, 0.2) is 36.5 Å². The molecule has 0 spiro atoms. The quantitative estimate of drug-likeness (QED) is 0.789. The van der Waals surface area contributed by atoms with E-state index in [1.807, 2.05) is 50.1 Å². The molecule has 28 heavy (non-hydrogen) atoms. The Morgan fingerprint density at radius 3 is 2.89 bits per heavy atom. The van der Waals surface area contributed by atoms with Crippen molar-refractivity contribution < 1.29 is 9.53 Å². The highest BCUT2D eigenvalue weighted by atomic mass is 16.5. The molecule has 2 aromatic rings. The first kappa shape index (κ1) is 20.1. The van der Waals surface area contributed by atoms with Gasteiger partial charge >= 0.3 is 0 Å². The molecule has 0 bridgehead atoms. The van der Waals surface area contributed by atoms with Gasteiger partial charge in [-0.1, -0.05) is 25.1 Å².